The third-order valence-electron chi connectivity index (χ3n) is 5.55. The number of amides is 2. The van der Waals surface area contributed by atoms with E-state index in [1.807, 2.05) is 77.7 Å². The highest BCUT2D eigenvalue weighted by Crippen LogP contribution is 2.20. The van der Waals surface area contributed by atoms with Gasteiger partial charge in [-0.15, -0.1) is 0 Å². The van der Waals surface area contributed by atoms with Crippen molar-refractivity contribution in [2.75, 3.05) is 6.54 Å². The summed E-state index contributed by atoms with van der Waals surface area (Å²) in [4.78, 5) is 26.6. The van der Waals surface area contributed by atoms with Crippen molar-refractivity contribution in [1.82, 2.24) is 10.2 Å². The standard InChI is InChI=1S/C26H26N2O2/c29-25-12-7-17-28(25)19-21-13-15-23(16-14-21)26(30)27-24(22-10-5-2-6-11-22)18-20-8-3-1-4-9-20/h1-6,8-11,13-16,24H,7,12,17-19H2,(H,27,30). The van der Waals surface area contributed by atoms with Gasteiger partial charge in [0.15, 0.2) is 0 Å². The van der Waals surface area contributed by atoms with Gasteiger partial charge in [0.05, 0.1) is 6.04 Å². The van der Waals surface area contributed by atoms with Gasteiger partial charge in [0.25, 0.3) is 5.91 Å². The SMILES string of the molecule is O=C(NC(Cc1ccccc1)c1ccccc1)c1ccc(CN2CCCC2=O)cc1. The van der Waals surface area contributed by atoms with E-state index in [0.29, 0.717) is 18.5 Å². The number of benzene rings is 3. The average molecular weight is 399 g/mol. The lowest BCUT2D eigenvalue weighted by molar-refractivity contribution is -0.128. The molecule has 0 radical (unpaired) electrons. The second-order valence-corrected chi connectivity index (χ2v) is 7.74. The van der Waals surface area contributed by atoms with Crippen LogP contribution in [0, 0.1) is 0 Å². The van der Waals surface area contributed by atoms with E-state index in [-0.39, 0.29) is 17.9 Å². The Morgan fingerprint density at radius 3 is 2.17 bits per heavy atom. The van der Waals surface area contributed by atoms with Crippen LogP contribution >= 0.6 is 0 Å². The zero-order chi connectivity index (χ0) is 20.8. The number of nitrogens with one attached hydrogen (secondary N) is 1. The molecular formula is C26H26N2O2. The third-order valence-corrected chi connectivity index (χ3v) is 5.55. The van der Waals surface area contributed by atoms with Gasteiger partial charge in [-0.1, -0.05) is 72.8 Å². The summed E-state index contributed by atoms with van der Waals surface area (Å²) in [5.74, 6) is 0.118. The fourth-order valence-corrected chi connectivity index (χ4v) is 3.88. The van der Waals surface area contributed by atoms with Gasteiger partial charge in [-0.05, 0) is 41.7 Å². The van der Waals surface area contributed by atoms with Crippen LogP contribution in [0.2, 0.25) is 0 Å². The molecule has 2 amide bonds. The molecule has 1 N–H and O–H groups in total. The second kappa shape index (κ2) is 9.40. The van der Waals surface area contributed by atoms with Crippen molar-refractivity contribution in [2.45, 2.75) is 31.8 Å². The Labute approximate surface area is 177 Å². The predicted octanol–water partition coefficient (Wildman–Crippen LogP) is 4.52. The maximum atomic E-state index is 13.0. The third kappa shape index (κ3) is 4.95. The summed E-state index contributed by atoms with van der Waals surface area (Å²) < 4.78 is 0. The molecule has 1 heterocycles. The summed E-state index contributed by atoms with van der Waals surface area (Å²) in [6.07, 6.45) is 2.30. The molecule has 1 fully saturated rings. The Bertz CT molecular complexity index is 985. The van der Waals surface area contributed by atoms with Gasteiger partial charge in [0.2, 0.25) is 5.91 Å². The van der Waals surface area contributed by atoms with E-state index in [4.69, 9.17) is 0 Å². The second-order valence-electron chi connectivity index (χ2n) is 7.74. The summed E-state index contributed by atoms with van der Waals surface area (Å²) in [5, 5.41) is 3.19. The van der Waals surface area contributed by atoms with Gasteiger partial charge in [-0.25, -0.2) is 0 Å². The van der Waals surface area contributed by atoms with E-state index in [0.717, 1.165) is 30.5 Å². The van der Waals surface area contributed by atoms with E-state index in [1.165, 1.54) is 5.56 Å². The van der Waals surface area contributed by atoms with Crippen molar-refractivity contribution in [3.05, 3.63) is 107 Å². The summed E-state index contributed by atoms with van der Waals surface area (Å²) in [5.41, 5.74) is 3.93. The number of rotatable bonds is 7. The van der Waals surface area contributed by atoms with Crippen LogP contribution in [0.3, 0.4) is 0 Å². The van der Waals surface area contributed by atoms with Crippen molar-refractivity contribution in [3.8, 4) is 0 Å². The van der Waals surface area contributed by atoms with E-state index in [9.17, 15) is 9.59 Å². The van der Waals surface area contributed by atoms with Crippen molar-refractivity contribution in [1.29, 1.82) is 0 Å². The minimum absolute atomic E-state index is 0.0939. The molecule has 1 atom stereocenters. The Kier molecular flexibility index (Phi) is 6.23. The van der Waals surface area contributed by atoms with Crippen molar-refractivity contribution >= 4 is 11.8 Å². The van der Waals surface area contributed by atoms with E-state index < -0.39 is 0 Å². The molecule has 1 aliphatic heterocycles. The molecule has 30 heavy (non-hydrogen) atoms. The predicted molar refractivity (Wildman–Crippen MR) is 118 cm³/mol. The molecule has 1 unspecified atom stereocenters. The lowest BCUT2D eigenvalue weighted by Gasteiger charge is -2.20. The summed E-state index contributed by atoms with van der Waals surface area (Å²) in [6, 6.07) is 27.7. The molecule has 0 aliphatic carbocycles. The highest BCUT2D eigenvalue weighted by Gasteiger charge is 2.20. The van der Waals surface area contributed by atoms with E-state index in [2.05, 4.69) is 17.4 Å². The molecule has 1 aliphatic rings. The van der Waals surface area contributed by atoms with E-state index in [1.54, 1.807) is 0 Å². The Hall–Kier alpha value is -3.40. The molecule has 4 rings (SSSR count). The molecule has 0 saturated carbocycles. The highest BCUT2D eigenvalue weighted by molar-refractivity contribution is 5.94. The fraction of sp³-hybridized carbons (Fsp3) is 0.231. The van der Waals surface area contributed by atoms with Crippen LogP contribution in [-0.4, -0.2) is 23.3 Å². The largest absolute Gasteiger partial charge is 0.345 e. The van der Waals surface area contributed by atoms with Gasteiger partial charge >= 0.3 is 0 Å². The van der Waals surface area contributed by atoms with E-state index >= 15 is 0 Å². The summed E-state index contributed by atoms with van der Waals surface area (Å²) >= 11 is 0. The minimum Gasteiger partial charge on any atom is -0.345 e. The molecular weight excluding hydrogens is 372 g/mol. The van der Waals surface area contributed by atoms with Crippen LogP contribution in [0.5, 0.6) is 0 Å². The zero-order valence-electron chi connectivity index (χ0n) is 17.0. The maximum absolute atomic E-state index is 13.0. The molecule has 0 spiro atoms. The number of nitrogens with zero attached hydrogens (tertiary/aromatic N) is 1. The lowest BCUT2D eigenvalue weighted by Crippen LogP contribution is -2.30. The van der Waals surface area contributed by atoms with Crippen molar-refractivity contribution in [2.24, 2.45) is 0 Å². The normalized spacial score (nSPS) is 14.5. The van der Waals surface area contributed by atoms with Crippen LogP contribution in [0.4, 0.5) is 0 Å². The highest BCUT2D eigenvalue weighted by atomic mass is 16.2. The van der Waals surface area contributed by atoms with Gasteiger partial charge < -0.3 is 10.2 Å². The Morgan fingerprint density at radius 1 is 0.867 bits per heavy atom. The molecule has 1 saturated heterocycles. The monoisotopic (exact) mass is 398 g/mol. The quantitative estimate of drug-likeness (QED) is 0.636. The van der Waals surface area contributed by atoms with Gasteiger partial charge in [-0.2, -0.15) is 0 Å². The Balaban J connectivity index is 1.46. The molecule has 4 nitrogen and oxygen atoms in total. The molecule has 0 aromatic heterocycles. The first-order chi connectivity index (χ1) is 14.7. The summed E-state index contributed by atoms with van der Waals surface area (Å²) in [7, 11) is 0. The van der Waals surface area contributed by atoms with Crippen LogP contribution in [-0.2, 0) is 17.8 Å². The van der Waals surface area contributed by atoms with Crippen LogP contribution in [0.1, 0.15) is 45.9 Å². The topological polar surface area (TPSA) is 49.4 Å². The fourth-order valence-electron chi connectivity index (χ4n) is 3.88. The first kappa shape index (κ1) is 19.9. The minimum atomic E-state index is -0.108. The van der Waals surface area contributed by atoms with Gasteiger partial charge in [0.1, 0.15) is 0 Å². The van der Waals surface area contributed by atoms with Crippen LogP contribution < -0.4 is 5.32 Å². The number of carbonyl (C=O) groups excluding carboxylic acids is 2. The first-order valence-electron chi connectivity index (χ1n) is 10.5. The van der Waals surface area contributed by atoms with Gasteiger partial charge in [-0.3, -0.25) is 9.59 Å². The van der Waals surface area contributed by atoms with Crippen molar-refractivity contribution in [3.63, 3.8) is 0 Å². The molecule has 3 aromatic rings. The smallest absolute Gasteiger partial charge is 0.251 e. The maximum Gasteiger partial charge on any atom is 0.251 e. The number of hydrogen-bond acceptors (Lipinski definition) is 2. The van der Waals surface area contributed by atoms with Gasteiger partial charge in [0, 0.05) is 25.1 Å². The number of carbonyl (C=O) groups is 2. The van der Waals surface area contributed by atoms with Crippen molar-refractivity contribution < 1.29 is 9.59 Å². The molecule has 3 aromatic carbocycles. The van der Waals surface area contributed by atoms with Crippen LogP contribution in [0.15, 0.2) is 84.9 Å². The number of hydrogen-bond donors (Lipinski definition) is 1. The Morgan fingerprint density at radius 2 is 1.53 bits per heavy atom. The number of likely N-dealkylation sites (tertiary alicyclic amines) is 1. The molecule has 152 valence electrons. The molecule has 0 bridgehead atoms. The lowest BCUT2D eigenvalue weighted by atomic mass is 9.98. The zero-order valence-corrected chi connectivity index (χ0v) is 17.0. The first-order valence-corrected chi connectivity index (χ1v) is 10.5. The average Bonchev–Trinajstić information content (AvgIpc) is 3.19. The summed E-state index contributed by atoms with van der Waals surface area (Å²) in [6.45, 7) is 1.43. The van der Waals surface area contributed by atoms with Crippen LogP contribution in [0.25, 0.3) is 0 Å². The molecule has 4 heteroatoms.